The minimum Gasteiger partial charge on any atom is -0.329 e. The molecule has 0 amide bonds. The minimum atomic E-state index is 0.362. The Labute approximate surface area is 111 Å². The molecule has 3 nitrogen and oxygen atoms in total. The third-order valence-electron chi connectivity index (χ3n) is 4.08. The molecule has 1 fully saturated rings. The van der Waals surface area contributed by atoms with Crippen LogP contribution in [0.4, 0.5) is 0 Å². The van der Waals surface area contributed by atoms with Crippen LogP contribution in [-0.2, 0) is 0 Å². The Balaban J connectivity index is 2.14. The number of nitrogens with two attached hydrogens (primary N) is 1. The number of likely N-dealkylation sites (N-methyl/N-ethyl adjacent to an activating group) is 1. The van der Waals surface area contributed by atoms with Gasteiger partial charge in [-0.25, -0.2) is 0 Å². The SMILES string of the molecule is Cc1cccc(C(CN)N2CCN(C)C(C)C2)c1. The largest absolute Gasteiger partial charge is 0.329 e. The van der Waals surface area contributed by atoms with E-state index in [-0.39, 0.29) is 0 Å². The Morgan fingerprint density at radius 1 is 1.39 bits per heavy atom. The van der Waals surface area contributed by atoms with Crippen LogP contribution in [0.1, 0.15) is 24.1 Å². The Kier molecular flexibility index (Phi) is 4.38. The molecule has 1 heterocycles. The van der Waals surface area contributed by atoms with Crippen molar-refractivity contribution in [2.45, 2.75) is 25.9 Å². The summed E-state index contributed by atoms with van der Waals surface area (Å²) in [5, 5.41) is 0. The standard InChI is InChI=1S/C15H25N3/c1-12-5-4-6-14(9-12)15(10-16)18-8-7-17(3)13(2)11-18/h4-6,9,13,15H,7-8,10-11,16H2,1-3H3. The molecular formula is C15H25N3. The van der Waals surface area contributed by atoms with Crippen LogP contribution in [0.3, 0.4) is 0 Å². The fraction of sp³-hybridized carbons (Fsp3) is 0.600. The summed E-state index contributed by atoms with van der Waals surface area (Å²) in [6.45, 7) is 8.46. The maximum atomic E-state index is 6.01. The monoisotopic (exact) mass is 247 g/mol. The van der Waals surface area contributed by atoms with Gasteiger partial charge in [-0.1, -0.05) is 29.8 Å². The summed E-state index contributed by atoms with van der Waals surface area (Å²) >= 11 is 0. The number of benzene rings is 1. The first-order valence-electron chi connectivity index (χ1n) is 6.82. The van der Waals surface area contributed by atoms with E-state index in [1.54, 1.807) is 0 Å². The predicted molar refractivity (Wildman–Crippen MR) is 76.6 cm³/mol. The Morgan fingerprint density at radius 3 is 2.78 bits per heavy atom. The molecule has 2 rings (SSSR count). The van der Waals surface area contributed by atoms with Gasteiger partial charge in [0.1, 0.15) is 0 Å². The average molecular weight is 247 g/mol. The van der Waals surface area contributed by atoms with E-state index < -0.39 is 0 Å². The molecule has 2 unspecified atom stereocenters. The lowest BCUT2D eigenvalue weighted by Gasteiger charge is -2.41. The number of rotatable bonds is 3. The maximum absolute atomic E-state index is 6.01. The van der Waals surface area contributed by atoms with Crippen molar-refractivity contribution >= 4 is 0 Å². The van der Waals surface area contributed by atoms with E-state index in [2.05, 4.69) is 55.0 Å². The molecule has 2 atom stereocenters. The lowest BCUT2D eigenvalue weighted by atomic mass is 10.0. The highest BCUT2D eigenvalue weighted by Gasteiger charge is 2.26. The number of hydrogen-bond acceptors (Lipinski definition) is 3. The first-order valence-corrected chi connectivity index (χ1v) is 6.82. The molecule has 0 bridgehead atoms. The van der Waals surface area contributed by atoms with E-state index in [1.807, 2.05) is 0 Å². The van der Waals surface area contributed by atoms with Gasteiger partial charge in [-0.05, 0) is 26.5 Å². The predicted octanol–water partition coefficient (Wildman–Crippen LogP) is 1.63. The zero-order chi connectivity index (χ0) is 13.1. The second-order valence-corrected chi connectivity index (χ2v) is 5.49. The first kappa shape index (κ1) is 13.5. The summed E-state index contributed by atoms with van der Waals surface area (Å²) in [5.74, 6) is 0. The number of nitrogens with zero attached hydrogens (tertiary/aromatic N) is 2. The van der Waals surface area contributed by atoms with Crippen molar-refractivity contribution in [2.75, 3.05) is 33.2 Å². The van der Waals surface area contributed by atoms with Crippen molar-refractivity contribution in [3.8, 4) is 0 Å². The fourth-order valence-corrected chi connectivity index (χ4v) is 2.73. The first-order chi connectivity index (χ1) is 8.61. The molecule has 1 aromatic carbocycles. The zero-order valence-electron chi connectivity index (χ0n) is 11.8. The molecule has 0 radical (unpaired) electrons. The topological polar surface area (TPSA) is 32.5 Å². The number of aryl methyl sites for hydroxylation is 1. The highest BCUT2D eigenvalue weighted by Crippen LogP contribution is 2.23. The van der Waals surface area contributed by atoms with Gasteiger partial charge in [-0.3, -0.25) is 4.90 Å². The highest BCUT2D eigenvalue weighted by molar-refractivity contribution is 5.25. The van der Waals surface area contributed by atoms with Gasteiger partial charge in [0.25, 0.3) is 0 Å². The van der Waals surface area contributed by atoms with Crippen molar-refractivity contribution in [1.82, 2.24) is 9.80 Å². The Morgan fingerprint density at radius 2 is 2.17 bits per heavy atom. The molecule has 1 aromatic rings. The second-order valence-electron chi connectivity index (χ2n) is 5.49. The average Bonchev–Trinajstić information content (AvgIpc) is 2.35. The van der Waals surface area contributed by atoms with Crippen molar-refractivity contribution in [3.05, 3.63) is 35.4 Å². The fourth-order valence-electron chi connectivity index (χ4n) is 2.73. The van der Waals surface area contributed by atoms with E-state index in [4.69, 9.17) is 5.73 Å². The molecule has 1 aliphatic heterocycles. The van der Waals surface area contributed by atoms with Crippen LogP contribution in [0.5, 0.6) is 0 Å². The van der Waals surface area contributed by atoms with Crippen LogP contribution < -0.4 is 5.73 Å². The van der Waals surface area contributed by atoms with Crippen LogP contribution in [0, 0.1) is 6.92 Å². The molecule has 0 aromatic heterocycles. The second kappa shape index (κ2) is 5.83. The highest BCUT2D eigenvalue weighted by atomic mass is 15.3. The molecule has 3 heteroatoms. The van der Waals surface area contributed by atoms with E-state index in [9.17, 15) is 0 Å². The third-order valence-corrected chi connectivity index (χ3v) is 4.08. The van der Waals surface area contributed by atoms with E-state index in [1.165, 1.54) is 11.1 Å². The molecule has 18 heavy (non-hydrogen) atoms. The summed E-state index contributed by atoms with van der Waals surface area (Å²) in [4.78, 5) is 4.94. The van der Waals surface area contributed by atoms with Gasteiger partial charge < -0.3 is 10.6 Å². The van der Waals surface area contributed by atoms with Gasteiger partial charge in [-0.2, -0.15) is 0 Å². The normalized spacial score (nSPS) is 24.1. The molecule has 0 spiro atoms. The lowest BCUT2D eigenvalue weighted by Crippen LogP contribution is -2.52. The molecule has 0 aliphatic carbocycles. The molecule has 100 valence electrons. The van der Waals surface area contributed by atoms with Crippen LogP contribution in [0.25, 0.3) is 0 Å². The van der Waals surface area contributed by atoms with Gasteiger partial charge in [0.2, 0.25) is 0 Å². The summed E-state index contributed by atoms with van der Waals surface area (Å²) in [5.41, 5.74) is 8.68. The number of hydrogen-bond donors (Lipinski definition) is 1. The number of piperazine rings is 1. The summed E-state index contributed by atoms with van der Waals surface area (Å²) in [6.07, 6.45) is 0. The Bertz CT molecular complexity index is 391. The molecule has 1 saturated heterocycles. The summed E-state index contributed by atoms with van der Waals surface area (Å²) in [7, 11) is 2.20. The minimum absolute atomic E-state index is 0.362. The lowest BCUT2D eigenvalue weighted by molar-refractivity contribution is 0.0741. The smallest absolute Gasteiger partial charge is 0.0471 e. The molecular weight excluding hydrogens is 222 g/mol. The molecule has 1 aliphatic rings. The molecule has 2 N–H and O–H groups in total. The van der Waals surface area contributed by atoms with Gasteiger partial charge >= 0.3 is 0 Å². The van der Waals surface area contributed by atoms with Gasteiger partial charge in [0.15, 0.2) is 0 Å². The van der Waals surface area contributed by atoms with Crippen LogP contribution in [0.2, 0.25) is 0 Å². The third kappa shape index (κ3) is 2.91. The maximum Gasteiger partial charge on any atom is 0.0471 e. The van der Waals surface area contributed by atoms with Crippen molar-refractivity contribution in [2.24, 2.45) is 5.73 Å². The zero-order valence-corrected chi connectivity index (χ0v) is 11.8. The molecule has 0 saturated carbocycles. The Hall–Kier alpha value is -0.900. The van der Waals surface area contributed by atoms with Gasteiger partial charge in [0.05, 0.1) is 0 Å². The van der Waals surface area contributed by atoms with E-state index in [0.717, 1.165) is 19.6 Å². The van der Waals surface area contributed by atoms with Gasteiger partial charge in [-0.15, -0.1) is 0 Å². The summed E-state index contributed by atoms with van der Waals surface area (Å²) < 4.78 is 0. The van der Waals surface area contributed by atoms with Crippen molar-refractivity contribution in [1.29, 1.82) is 0 Å². The van der Waals surface area contributed by atoms with Crippen LogP contribution >= 0.6 is 0 Å². The van der Waals surface area contributed by atoms with Crippen molar-refractivity contribution < 1.29 is 0 Å². The van der Waals surface area contributed by atoms with Crippen LogP contribution in [-0.4, -0.2) is 49.1 Å². The van der Waals surface area contributed by atoms with Gasteiger partial charge in [0, 0.05) is 38.3 Å². The quantitative estimate of drug-likeness (QED) is 0.881. The van der Waals surface area contributed by atoms with Crippen molar-refractivity contribution in [3.63, 3.8) is 0 Å². The van der Waals surface area contributed by atoms with E-state index >= 15 is 0 Å². The van der Waals surface area contributed by atoms with Crippen LogP contribution in [0.15, 0.2) is 24.3 Å². The summed E-state index contributed by atoms with van der Waals surface area (Å²) in [6, 6.07) is 9.71. The van der Waals surface area contributed by atoms with E-state index in [0.29, 0.717) is 18.6 Å².